The Hall–Kier alpha value is -1.39. The number of rotatable bonds is 6. The maximum Gasteiger partial charge on any atom is 0.325 e. The second-order valence-corrected chi connectivity index (χ2v) is 5.67. The van der Waals surface area contributed by atoms with Crippen LogP contribution >= 0.6 is 0 Å². The van der Waals surface area contributed by atoms with Gasteiger partial charge in [-0.25, -0.2) is 0 Å². The fourth-order valence-corrected chi connectivity index (χ4v) is 3.17. The van der Waals surface area contributed by atoms with E-state index in [4.69, 9.17) is 0 Å². The predicted octanol–water partition coefficient (Wildman–Crippen LogP) is 2.40. The van der Waals surface area contributed by atoms with Gasteiger partial charge in [-0.2, -0.15) is 0 Å². The van der Waals surface area contributed by atoms with Crippen molar-refractivity contribution in [3.05, 3.63) is 35.4 Å². The number of hydrogen-bond donors (Lipinski definition) is 1. The normalized spacial score (nSPS) is 18.6. The highest BCUT2D eigenvalue weighted by Crippen LogP contribution is 2.26. The first-order valence-electron chi connectivity index (χ1n) is 7.94. The van der Waals surface area contributed by atoms with E-state index in [0.29, 0.717) is 0 Å². The van der Waals surface area contributed by atoms with Gasteiger partial charge in [-0.15, -0.1) is 0 Å². The van der Waals surface area contributed by atoms with Crippen LogP contribution in [-0.4, -0.2) is 53.6 Å². The molecule has 1 aliphatic heterocycles. The molecule has 21 heavy (non-hydrogen) atoms. The lowest BCUT2D eigenvalue weighted by atomic mass is 9.97. The Kier molecular flexibility index (Phi) is 5.76. The molecule has 0 aromatic heterocycles. The monoisotopic (exact) mass is 290 g/mol. The Bertz CT molecular complexity index is 468. The van der Waals surface area contributed by atoms with Gasteiger partial charge in [0.25, 0.3) is 0 Å². The van der Waals surface area contributed by atoms with Crippen molar-refractivity contribution >= 4 is 5.97 Å². The molecule has 1 aromatic rings. The molecule has 4 nitrogen and oxygen atoms in total. The molecule has 0 bridgehead atoms. The number of carboxylic acid groups (broad SMARTS) is 1. The van der Waals surface area contributed by atoms with Gasteiger partial charge in [-0.1, -0.05) is 38.1 Å². The van der Waals surface area contributed by atoms with Gasteiger partial charge in [0.2, 0.25) is 0 Å². The summed E-state index contributed by atoms with van der Waals surface area (Å²) in [5.74, 6) is -0.736. The third-order valence-corrected chi connectivity index (χ3v) is 4.28. The minimum Gasteiger partial charge on any atom is -0.480 e. The maximum atomic E-state index is 11.8. The Morgan fingerprint density at radius 2 is 1.86 bits per heavy atom. The summed E-state index contributed by atoms with van der Waals surface area (Å²) < 4.78 is 0. The molecule has 116 valence electrons. The molecule has 1 N–H and O–H groups in total. The summed E-state index contributed by atoms with van der Waals surface area (Å²) >= 11 is 0. The topological polar surface area (TPSA) is 43.8 Å². The number of aryl methyl sites for hydroxylation is 1. The van der Waals surface area contributed by atoms with Crippen LogP contribution in [0, 0.1) is 0 Å². The van der Waals surface area contributed by atoms with E-state index >= 15 is 0 Å². The number of hydrogen-bond acceptors (Lipinski definition) is 3. The van der Waals surface area contributed by atoms with Crippen LogP contribution in [0.25, 0.3) is 0 Å². The number of piperazine rings is 1. The van der Waals surface area contributed by atoms with Gasteiger partial charge < -0.3 is 10.0 Å². The quantitative estimate of drug-likeness (QED) is 0.874. The molecule has 0 radical (unpaired) electrons. The highest BCUT2D eigenvalue weighted by atomic mass is 16.4. The Morgan fingerprint density at radius 3 is 2.43 bits per heavy atom. The van der Waals surface area contributed by atoms with Crippen LogP contribution in [0.1, 0.15) is 37.4 Å². The summed E-state index contributed by atoms with van der Waals surface area (Å²) in [7, 11) is 0. The van der Waals surface area contributed by atoms with Crippen LogP contribution in [-0.2, 0) is 11.2 Å². The molecule has 1 heterocycles. The number of carbonyl (C=O) groups is 1. The van der Waals surface area contributed by atoms with E-state index in [-0.39, 0.29) is 0 Å². The lowest BCUT2D eigenvalue weighted by Gasteiger charge is -2.38. The Labute approximate surface area is 127 Å². The molecule has 1 aromatic carbocycles. The predicted molar refractivity (Wildman–Crippen MR) is 84.5 cm³/mol. The van der Waals surface area contributed by atoms with Gasteiger partial charge in [0.15, 0.2) is 0 Å². The Balaban J connectivity index is 2.15. The summed E-state index contributed by atoms with van der Waals surface area (Å²) in [5, 5.41) is 9.71. The molecule has 1 atom stereocenters. The van der Waals surface area contributed by atoms with Gasteiger partial charge in [-0.3, -0.25) is 9.69 Å². The van der Waals surface area contributed by atoms with E-state index in [1.807, 2.05) is 24.3 Å². The molecule has 1 fully saturated rings. The number of aliphatic carboxylic acids is 1. The first-order chi connectivity index (χ1) is 10.2. The van der Waals surface area contributed by atoms with E-state index in [9.17, 15) is 9.90 Å². The molecule has 1 unspecified atom stereocenters. The molecule has 0 aliphatic carbocycles. The molecule has 1 aliphatic rings. The van der Waals surface area contributed by atoms with Crippen molar-refractivity contribution in [1.82, 2.24) is 9.80 Å². The molecule has 4 heteroatoms. The first kappa shape index (κ1) is 16.0. The van der Waals surface area contributed by atoms with E-state index in [0.717, 1.165) is 56.7 Å². The van der Waals surface area contributed by atoms with Crippen LogP contribution in [0.3, 0.4) is 0 Å². The lowest BCUT2D eigenvalue weighted by Crippen LogP contribution is -2.49. The fraction of sp³-hybridized carbons (Fsp3) is 0.588. The van der Waals surface area contributed by atoms with Crippen LogP contribution in [0.4, 0.5) is 0 Å². The third kappa shape index (κ3) is 3.83. The number of nitrogens with zero attached hydrogens (tertiary/aromatic N) is 2. The maximum absolute atomic E-state index is 11.8. The standard InChI is InChI=1S/C17H26N2O2/c1-3-9-18-10-12-19(13-11-18)16(17(20)21)15-8-6-5-7-14(15)4-2/h5-8,16H,3-4,9-13H2,1-2H3,(H,20,21). The number of carboxylic acids is 1. The molecule has 2 rings (SSSR count). The van der Waals surface area contributed by atoms with Crippen LogP contribution in [0.2, 0.25) is 0 Å². The molecular formula is C17H26N2O2. The van der Waals surface area contributed by atoms with E-state index in [1.54, 1.807) is 0 Å². The van der Waals surface area contributed by atoms with Gasteiger partial charge in [0, 0.05) is 26.2 Å². The second kappa shape index (κ2) is 7.57. The van der Waals surface area contributed by atoms with Crippen molar-refractivity contribution in [3.8, 4) is 0 Å². The zero-order valence-electron chi connectivity index (χ0n) is 13.1. The van der Waals surface area contributed by atoms with Crippen molar-refractivity contribution < 1.29 is 9.90 Å². The zero-order chi connectivity index (χ0) is 15.2. The molecule has 0 amide bonds. The zero-order valence-corrected chi connectivity index (χ0v) is 13.1. The smallest absolute Gasteiger partial charge is 0.325 e. The van der Waals surface area contributed by atoms with Gasteiger partial charge in [-0.05, 0) is 30.5 Å². The highest BCUT2D eigenvalue weighted by molar-refractivity contribution is 5.76. The van der Waals surface area contributed by atoms with Crippen LogP contribution < -0.4 is 0 Å². The average Bonchev–Trinajstić information content (AvgIpc) is 2.50. The SMILES string of the molecule is CCCN1CCN(C(C(=O)O)c2ccccc2CC)CC1. The van der Waals surface area contributed by atoms with Crippen molar-refractivity contribution in [2.45, 2.75) is 32.7 Å². The van der Waals surface area contributed by atoms with Crippen LogP contribution in [0.15, 0.2) is 24.3 Å². The third-order valence-electron chi connectivity index (χ3n) is 4.28. The Morgan fingerprint density at radius 1 is 1.19 bits per heavy atom. The highest BCUT2D eigenvalue weighted by Gasteiger charge is 2.31. The minimum absolute atomic E-state index is 0.509. The molecule has 1 saturated heterocycles. The van der Waals surface area contributed by atoms with Crippen molar-refractivity contribution in [2.75, 3.05) is 32.7 Å². The fourth-order valence-electron chi connectivity index (χ4n) is 3.17. The van der Waals surface area contributed by atoms with E-state index < -0.39 is 12.0 Å². The number of benzene rings is 1. The summed E-state index contributed by atoms with van der Waals surface area (Å²) in [4.78, 5) is 16.4. The summed E-state index contributed by atoms with van der Waals surface area (Å²) in [6.45, 7) is 8.96. The van der Waals surface area contributed by atoms with Crippen molar-refractivity contribution in [2.24, 2.45) is 0 Å². The summed E-state index contributed by atoms with van der Waals surface area (Å²) in [5.41, 5.74) is 2.09. The van der Waals surface area contributed by atoms with Gasteiger partial charge in [0.05, 0.1) is 0 Å². The van der Waals surface area contributed by atoms with Crippen molar-refractivity contribution in [1.29, 1.82) is 0 Å². The average molecular weight is 290 g/mol. The molecule has 0 saturated carbocycles. The summed E-state index contributed by atoms with van der Waals surface area (Å²) in [6.07, 6.45) is 2.02. The minimum atomic E-state index is -0.736. The second-order valence-electron chi connectivity index (χ2n) is 5.67. The van der Waals surface area contributed by atoms with Crippen LogP contribution in [0.5, 0.6) is 0 Å². The van der Waals surface area contributed by atoms with E-state index in [1.165, 1.54) is 0 Å². The molecule has 0 spiro atoms. The van der Waals surface area contributed by atoms with Gasteiger partial charge in [0.1, 0.15) is 6.04 Å². The lowest BCUT2D eigenvalue weighted by molar-refractivity contribution is -0.144. The largest absolute Gasteiger partial charge is 0.480 e. The molecular weight excluding hydrogens is 264 g/mol. The van der Waals surface area contributed by atoms with Crippen molar-refractivity contribution in [3.63, 3.8) is 0 Å². The van der Waals surface area contributed by atoms with Gasteiger partial charge >= 0.3 is 5.97 Å². The van der Waals surface area contributed by atoms with E-state index in [2.05, 4.69) is 23.6 Å². The summed E-state index contributed by atoms with van der Waals surface area (Å²) in [6, 6.07) is 7.43. The first-order valence-corrected chi connectivity index (χ1v) is 7.94.